The van der Waals surface area contributed by atoms with Gasteiger partial charge in [-0.25, -0.2) is 0 Å². The third kappa shape index (κ3) is 3.35. The molecule has 1 saturated carbocycles. The molecule has 0 radical (unpaired) electrons. The van der Waals surface area contributed by atoms with Crippen LogP contribution in [0, 0.1) is 11.3 Å². The molecule has 100 valence electrons. The Bertz CT molecular complexity index is 364. The van der Waals surface area contributed by atoms with Gasteiger partial charge in [0.15, 0.2) is 0 Å². The molecule has 1 aliphatic rings. The summed E-state index contributed by atoms with van der Waals surface area (Å²) in [6.45, 7) is 9.37. The monoisotopic (exact) mass is 245 g/mol. The van der Waals surface area contributed by atoms with E-state index < -0.39 is 0 Å². The third-order valence-electron chi connectivity index (χ3n) is 4.44. The Labute approximate surface area is 112 Å². The topological polar surface area (TPSA) is 12.0 Å². The first kappa shape index (κ1) is 13.6. The third-order valence-corrected chi connectivity index (χ3v) is 4.44. The van der Waals surface area contributed by atoms with E-state index in [9.17, 15) is 0 Å². The first-order chi connectivity index (χ1) is 8.51. The van der Waals surface area contributed by atoms with E-state index in [1.165, 1.54) is 24.8 Å². The highest BCUT2D eigenvalue weighted by molar-refractivity contribution is 5.19. The summed E-state index contributed by atoms with van der Waals surface area (Å²) in [4.78, 5) is 0. The predicted octanol–water partition coefficient (Wildman–Crippen LogP) is 4.55. The first-order valence-corrected chi connectivity index (χ1v) is 7.32. The zero-order chi connectivity index (χ0) is 13.2. The van der Waals surface area contributed by atoms with Gasteiger partial charge in [-0.2, -0.15) is 0 Å². The standard InChI is InChI=1S/C17H27N/c1-13(2)12-16(15-8-6-5-7-9-15)18-14(3)17(4)10-11-17/h5-9,13-14,16,18H,10-12H2,1-4H3. The zero-order valence-electron chi connectivity index (χ0n) is 12.2. The molecule has 0 amide bonds. The fourth-order valence-corrected chi connectivity index (χ4v) is 2.59. The highest BCUT2D eigenvalue weighted by Gasteiger charge is 2.43. The summed E-state index contributed by atoms with van der Waals surface area (Å²) < 4.78 is 0. The maximum Gasteiger partial charge on any atom is 0.0325 e. The summed E-state index contributed by atoms with van der Waals surface area (Å²) in [6.07, 6.45) is 3.97. The van der Waals surface area contributed by atoms with Gasteiger partial charge in [0.05, 0.1) is 0 Å². The average Bonchev–Trinajstić information content (AvgIpc) is 3.08. The Morgan fingerprint density at radius 2 is 1.72 bits per heavy atom. The molecule has 1 heteroatoms. The maximum atomic E-state index is 3.87. The number of benzene rings is 1. The molecule has 2 atom stereocenters. The number of hydrogen-bond donors (Lipinski definition) is 1. The van der Waals surface area contributed by atoms with Gasteiger partial charge in [0.1, 0.15) is 0 Å². The molecule has 0 aliphatic heterocycles. The van der Waals surface area contributed by atoms with E-state index >= 15 is 0 Å². The first-order valence-electron chi connectivity index (χ1n) is 7.32. The van der Waals surface area contributed by atoms with Crippen molar-refractivity contribution in [2.75, 3.05) is 0 Å². The molecular weight excluding hydrogens is 218 g/mol. The molecule has 1 N–H and O–H groups in total. The van der Waals surface area contributed by atoms with Crippen molar-refractivity contribution in [1.29, 1.82) is 0 Å². The highest BCUT2D eigenvalue weighted by Crippen LogP contribution is 2.48. The van der Waals surface area contributed by atoms with E-state index in [0.717, 1.165) is 5.92 Å². The van der Waals surface area contributed by atoms with Crippen molar-refractivity contribution in [3.63, 3.8) is 0 Å². The van der Waals surface area contributed by atoms with Gasteiger partial charge < -0.3 is 5.32 Å². The van der Waals surface area contributed by atoms with E-state index in [1.54, 1.807) is 0 Å². The quantitative estimate of drug-likeness (QED) is 0.775. The van der Waals surface area contributed by atoms with Crippen LogP contribution in [0.5, 0.6) is 0 Å². The van der Waals surface area contributed by atoms with Crippen LogP contribution in [0.2, 0.25) is 0 Å². The highest BCUT2D eigenvalue weighted by atomic mass is 15.0. The van der Waals surface area contributed by atoms with Crippen molar-refractivity contribution in [2.45, 2.75) is 59.0 Å². The summed E-state index contributed by atoms with van der Waals surface area (Å²) in [5.41, 5.74) is 1.98. The van der Waals surface area contributed by atoms with Gasteiger partial charge in [0.2, 0.25) is 0 Å². The lowest BCUT2D eigenvalue weighted by Gasteiger charge is -2.29. The molecule has 2 unspecified atom stereocenters. The van der Waals surface area contributed by atoms with Crippen molar-refractivity contribution in [3.05, 3.63) is 35.9 Å². The van der Waals surface area contributed by atoms with Crippen LogP contribution in [0.4, 0.5) is 0 Å². The molecule has 0 heterocycles. The van der Waals surface area contributed by atoms with Crippen molar-refractivity contribution in [2.24, 2.45) is 11.3 Å². The molecule has 0 aromatic heterocycles. The van der Waals surface area contributed by atoms with E-state index in [-0.39, 0.29) is 0 Å². The normalized spacial score (nSPS) is 20.7. The van der Waals surface area contributed by atoms with Gasteiger partial charge in [0.25, 0.3) is 0 Å². The second-order valence-electron chi connectivity index (χ2n) is 6.64. The Hall–Kier alpha value is -0.820. The average molecular weight is 245 g/mol. The van der Waals surface area contributed by atoms with Crippen molar-refractivity contribution in [1.82, 2.24) is 5.32 Å². The molecule has 0 spiro atoms. The van der Waals surface area contributed by atoms with Crippen LogP contribution in [0.3, 0.4) is 0 Å². The van der Waals surface area contributed by atoms with Crippen LogP contribution in [-0.4, -0.2) is 6.04 Å². The SMILES string of the molecule is CC(C)CC(NC(C)C1(C)CC1)c1ccccc1. The second-order valence-corrected chi connectivity index (χ2v) is 6.64. The Kier molecular flexibility index (Phi) is 4.11. The molecule has 1 aromatic carbocycles. The van der Waals surface area contributed by atoms with Gasteiger partial charge in [-0.05, 0) is 43.1 Å². The van der Waals surface area contributed by atoms with E-state index in [0.29, 0.717) is 17.5 Å². The lowest BCUT2D eigenvalue weighted by molar-refractivity contribution is 0.314. The fraction of sp³-hybridized carbons (Fsp3) is 0.647. The van der Waals surface area contributed by atoms with Crippen molar-refractivity contribution < 1.29 is 0 Å². The van der Waals surface area contributed by atoms with E-state index in [2.05, 4.69) is 63.3 Å². The Morgan fingerprint density at radius 1 is 1.11 bits per heavy atom. The number of hydrogen-bond acceptors (Lipinski definition) is 1. The second kappa shape index (κ2) is 5.44. The van der Waals surface area contributed by atoms with Crippen molar-refractivity contribution >= 4 is 0 Å². The minimum Gasteiger partial charge on any atom is -0.307 e. The number of rotatable bonds is 6. The molecule has 1 aromatic rings. The van der Waals surface area contributed by atoms with E-state index in [1.807, 2.05) is 0 Å². The number of nitrogens with one attached hydrogen (secondary N) is 1. The van der Waals surface area contributed by atoms with Gasteiger partial charge in [0, 0.05) is 12.1 Å². The largest absolute Gasteiger partial charge is 0.307 e. The fourth-order valence-electron chi connectivity index (χ4n) is 2.59. The van der Waals surface area contributed by atoms with Gasteiger partial charge in [-0.1, -0.05) is 51.1 Å². The Morgan fingerprint density at radius 3 is 2.22 bits per heavy atom. The minimum atomic E-state index is 0.499. The lowest BCUT2D eigenvalue weighted by atomic mass is 9.93. The summed E-state index contributed by atoms with van der Waals surface area (Å²) in [5.74, 6) is 0.724. The summed E-state index contributed by atoms with van der Waals surface area (Å²) in [7, 11) is 0. The van der Waals surface area contributed by atoms with Crippen LogP contribution >= 0.6 is 0 Å². The molecule has 2 rings (SSSR count). The van der Waals surface area contributed by atoms with Gasteiger partial charge >= 0.3 is 0 Å². The van der Waals surface area contributed by atoms with Crippen LogP contribution < -0.4 is 5.32 Å². The summed E-state index contributed by atoms with van der Waals surface area (Å²) >= 11 is 0. The van der Waals surface area contributed by atoms with Gasteiger partial charge in [-0.15, -0.1) is 0 Å². The van der Waals surface area contributed by atoms with Gasteiger partial charge in [-0.3, -0.25) is 0 Å². The molecule has 1 nitrogen and oxygen atoms in total. The van der Waals surface area contributed by atoms with Crippen molar-refractivity contribution in [3.8, 4) is 0 Å². The predicted molar refractivity (Wildman–Crippen MR) is 78.6 cm³/mol. The smallest absolute Gasteiger partial charge is 0.0325 e. The maximum absolute atomic E-state index is 3.87. The summed E-state index contributed by atoms with van der Waals surface area (Å²) in [5, 5.41) is 3.87. The van der Waals surface area contributed by atoms with Crippen LogP contribution in [-0.2, 0) is 0 Å². The minimum absolute atomic E-state index is 0.499. The molecule has 0 saturated heterocycles. The molecule has 18 heavy (non-hydrogen) atoms. The molecule has 1 fully saturated rings. The van der Waals surface area contributed by atoms with Crippen LogP contribution in [0.1, 0.15) is 58.6 Å². The van der Waals surface area contributed by atoms with E-state index in [4.69, 9.17) is 0 Å². The van der Waals surface area contributed by atoms with Crippen LogP contribution in [0.25, 0.3) is 0 Å². The molecular formula is C17H27N. The lowest BCUT2D eigenvalue weighted by Crippen LogP contribution is -2.37. The molecule has 0 bridgehead atoms. The molecule has 1 aliphatic carbocycles. The summed E-state index contributed by atoms with van der Waals surface area (Å²) in [6, 6.07) is 12.0. The zero-order valence-corrected chi connectivity index (χ0v) is 12.2. The Balaban J connectivity index is 2.05. The van der Waals surface area contributed by atoms with Crippen LogP contribution in [0.15, 0.2) is 30.3 Å².